The quantitative estimate of drug-likeness (QED) is 0.258. The lowest BCUT2D eigenvalue weighted by atomic mass is 9.84. The number of piperidine rings is 1. The lowest BCUT2D eigenvalue weighted by Crippen LogP contribution is -2.50. The molecule has 0 radical (unpaired) electrons. The Kier molecular flexibility index (Phi) is 12.1. The van der Waals surface area contributed by atoms with Gasteiger partial charge in [0.15, 0.2) is 0 Å². The number of carbonyl (C=O) groups excluding carboxylic acids is 5. The van der Waals surface area contributed by atoms with Crippen LogP contribution < -0.4 is 15.0 Å². The molecule has 2 fully saturated rings. The largest absolute Gasteiger partial charge is 0.494 e. The molecule has 1 saturated heterocycles. The van der Waals surface area contributed by atoms with Crippen molar-refractivity contribution in [2.24, 2.45) is 5.92 Å². The van der Waals surface area contributed by atoms with Crippen LogP contribution in [-0.2, 0) is 35.1 Å². The Labute approximate surface area is 282 Å². The zero-order valence-corrected chi connectivity index (χ0v) is 28.0. The Bertz CT molecular complexity index is 1450. The molecule has 2 aliphatic heterocycles. The van der Waals surface area contributed by atoms with Gasteiger partial charge in [0, 0.05) is 63.1 Å². The van der Waals surface area contributed by atoms with E-state index in [0.717, 1.165) is 44.2 Å². The lowest BCUT2D eigenvalue weighted by Gasteiger charge is -2.41. The van der Waals surface area contributed by atoms with Crippen molar-refractivity contribution < 1.29 is 38.2 Å². The molecular weight excluding hydrogens is 614 g/mol. The number of para-hydroxylation sites is 1. The Balaban J connectivity index is 0.968. The van der Waals surface area contributed by atoms with Crippen LogP contribution in [0.4, 0.5) is 5.69 Å². The van der Waals surface area contributed by atoms with Crippen LogP contribution in [0.5, 0.6) is 5.75 Å². The van der Waals surface area contributed by atoms with Gasteiger partial charge in [0.25, 0.3) is 5.91 Å². The highest BCUT2D eigenvalue weighted by molar-refractivity contribution is 5.97. The summed E-state index contributed by atoms with van der Waals surface area (Å²) in [6.45, 7) is 4.91. The number of nitrogens with zero attached hydrogens (tertiary/aromatic N) is 2. The summed E-state index contributed by atoms with van der Waals surface area (Å²) in [4.78, 5) is 65.5. The van der Waals surface area contributed by atoms with E-state index in [2.05, 4.69) is 11.4 Å². The molecule has 3 unspecified atom stereocenters. The summed E-state index contributed by atoms with van der Waals surface area (Å²) in [5.41, 5.74) is 2.85. The third kappa shape index (κ3) is 9.14. The highest BCUT2D eigenvalue weighted by Crippen LogP contribution is 2.33. The minimum atomic E-state index is -0.616. The Hall–Kier alpha value is -4.41. The average Bonchev–Trinajstić information content (AvgIpc) is 3.08. The van der Waals surface area contributed by atoms with Gasteiger partial charge in [0.1, 0.15) is 18.0 Å². The van der Waals surface area contributed by atoms with E-state index >= 15 is 0 Å². The third-order valence-electron chi connectivity index (χ3n) is 9.47. The fraction of sp³-hybridized carbons (Fsp3) is 0.541. The van der Waals surface area contributed by atoms with Crippen molar-refractivity contribution in [3.05, 3.63) is 59.7 Å². The van der Waals surface area contributed by atoms with E-state index in [-0.39, 0.29) is 29.7 Å². The van der Waals surface area contributed by atoms with E-state index < -0.39 is 24.1 Å². The van der Waals surface area contributed by atoms with Crippen molar-refractivity contribution in [2.75, 3.05) is 31.1 Å². The van der Waals surface area contributed by atoms with Gasteiger partial charge in [-0.15, -0.1) is 0 Å². The van der Waals surface area contributed by atoms with E-state index in [9.17, 15) is 24.0 Å². The molecule has 1 aliphatic carbocycles. The van der Waals surface area contributed by atoms with Crippen LogP contribution >= 0.6 is 0 Å². The minimum absolute atomic E-state index is 0.00763. The van der Waals surface area contributed by atoms with Crippen molar-refractivity contribution in [1.82, 2.24) is 10.2 Å². The first kappa shape index (κ1) is 34.9. The number of amides is 3. The highest BCUT2D eigenvalue weighted by atomic mass is 16.6. The van der Waals surface area contributed by atoms with Gasteiger partial charge in [-0.1, -0.05) is 18.2 Å². The maximum absolute atomic E-state index is 13.2. The number of anilines is 1. The van der Waals surface area contributed by atoms with Crippen LogP contribution in [0.15, 0.2) is 48.5 Å². The van der Waals surface area contributed by atoms with Gasteiger partial charge in [-0.25, -0.2) is 0 Å². The molecular formula is C37H47N3O8. The number of aryl methyl sites for hydroxylation is 1. The molecule has 1 saturated carbocycles. The van der Waals surface area contributed by atoms with Gasteiger partial charge >= 0.3 is 11.9 Å². The van der Waals surface area contributed by atoms with Gasteiger partial charge in [-0.2, -0.15) is 0 Å². The molecule has 0 spiro atoms. The van der Waals surface area contributed by atoms with Gasteiger partial charge in [0.2, 0.25) is 11.8 Å². The van der Waals surface area contributed by atoms with E-state index in [4.69, 9.17) is 14.2 Å². The molecule has 5 rings (SSSR count). The fourth-order valence-corrected chi connectivity index (χ4v) is 7.03. The lowest BCUT2D eigenvalue weighted by molar-refractivity contribution is -0.171. The van der Waals surface area contributed by atoms with Gasteiger partial charge in [-0.05, 0) is 93.7 Å². The predicted molar refractivity (Wildman–Crippen MR) is 178 cm³/mol. The SMILES string of the molecule is CC(=O)OC1CCC(C(=O)NCCCCCOc2ccc(C(=O)N3CCC(N4C(=O)CCc5ccccc54)CC3)cc2)CC1OC(C)=O. The second-order valence-electron chi connectivity index (χ2n) is 12.9. The summed E-state index contributed by atoms with van der Waals surface area (Å²) >= 11 is 0. The first-order valence-corrected chi connectivity index (χ1v) is 17.2. The standard InChI is InChI=1S/C37H47N3O8/c1-25(41)47-33-16-12-29(24-34(33)48-26(2)42)36(44)38-20-6-3-7-23-46-31-14-10-28(11-15-31)37(45)39-21-18-30(19-22-39)40-32-9-5-4-8-27(32)13-17-35(40)43/h4-5,8-11,14-15,29-30,33-34H,3,6-7,12-13,16-24H2,1-2H3,(H,38,44). The molecule has 258 valence electrons. The Morgan fingerprint density at radius 1 is 0.812 bits per heavy atom. The monoisotopic (exact) mass is 661 g/mol. The molecule has 2 aromatic carbocycles. The number of ether oxygens (including phenoxy) is 3. The second kappa shape index (κ2) is 16.6. The molecule has 3 amide bonds. The molecule has 0 aromatic heterocycles. The molecule has 11 nitrogen and oxygen atoms in total. The van der Waals surface area contributed by atoms with E-state index in [0.29, 0.717) is 63.2 Å². The normalized spacial score (nSPS) is 21.2. The number of rotatable bonds is 12. The number of nitrogens with one attached hydrogen (secondary N) is 1. The zero-order chi connectivity index (χ0) is 34.0. The molecule has 2 aromatic rings. The van der Waals surface area contributed by atoms with Gasteiger partial charge < -0.3 is 29.3 Å². The highest BCUT2D eigenvalue weighted by Gasteiger charge is 2.38. The Morgan fingerprint density at radius 2 is 1.52 bits per heavy atom. The van der Waals surface area contributed by atoms with Crippen LogP contribution in [0.2, 0.25) is 0 Å². The van der Waals surface area contributed by atoms with E-state index in [1.165, 1.54) is 19.4 Å². The predicted octanol–water partition coefficient (Wildman–Crippen LogP) is 4.60. The smallest absolute Gasteiger partial charge is 0.303 e. The number of hydrogen-bond donors (Lipinski definition) is 1. The van der Waals surface area contributed by atoms with Crippen LogP contribution in [0, 0.1) is 5.92 Å². The number of unbranched alkanes of at least 4 members (excludes halogenated alkanes) is 2. The fourth-order valence-electron chi connectivity index (χ4n) is 7.03. The number of likely N-dealkylation sites (tertiary alicyclic amines) is 1. The maximum atomic E-state index is 13.2. The van der Waals surface area contributed by atoms with Crippen LogP contribution in [-0.4, -0.2) is 79.1 Å². The molecule has 0 bridgehead atoms. The molecule has 3 aliphatic rings. The average molecular weight is 662 g/mol. The summed E-state index contributed by atoms with van der Waals surface area (Å²) in [6, 6.07) is 15.5. The van der Waals surface area contributed by atoms with Crippen LogP contribution in [0.25, 0.3) is 0 Å². The summed E-state index contributed by atoms with van der Waals surface area (Å²) in [5.74, 6) is -0.402. The summed E-state index contributed by atoms with van der Waals surface area (Å²) in [7, 11) is 0. The topological polar surface area (TPSA) is 132 Å². The Morgan fingerprint density at radius 3 is 2.25 bits per heavy atom. The number of benzene rings is 2. The maximum Gasteiger partial charge on any atom is 0.303 e. The zero-order valence-electron chi connectivity index (χ0n) is 28.0. The molecule has 3 atom stereocenters. The van der Waals surface area contributed by atoms with Crippen LogP contribution in [0.1, 0.15) is 87.6 Å². The van der Waals surface area contributed by atoms with Crippen molar-refractivity contribution in [1.29, 1.82) is 0 Å². The van der Waals surface area contributed by atoms with Gasteiger partial charge in [-0.3, -0.25) is 24.0 Å². The van der Waals surface area contributed by atoms with E-state index in [1.807, 2.05) is 40.1 Å². The number of fused-ring (bicyclic) bond motifs is 1. The molecule has 11 heteroatoms. The minimum Gasteiger partial charge on any atom is -0.494 e. The first-order valence-electron chi connectivity index (χ1n) is 17.2. The van der Waals surface area contributed by atoms with Crippen LogP contribution in [0.3, 0.4) is 0 Å². The van der Waals surface area contributed by atoms with E-state index in [1.54, 1.807) is 12.1 Å². The molecule has 1 N–H and O–H groups in total. The number of esters is 2. The van der Waals surface area contributed by atoms with Gasteiger partial charge in [0.05, 0.1) is 6.61 Å². The summed E-state index contributed by atoms with van der Waals surface area (Å²) in [5, 5.41) is 2.98. The van der Waals surface area contributed by atoms with Crippen molar-refractivity contribution in [2.45, 2.75) is 96.3 Å². The molecule has 2 heterocycles. The summed E-state index contributed by atoms with van der Waals surface area (Å²) in [6.07, 6.45) is 5.55. The number of carbonyl (C=O) groups is 5. The third-order valence-corrected chi connectivity index (χ3v) is 9.47. The second-order valence-corrected chi connectivity index (χ2v) is 12.9. The summed E-state index contributed by atoms with van der Waals surface area (Å²) < 4.78 is 16.5. The number of hydrogen-bond acceptors (Lipinski definition) is 8. The first-order chi connectivity index (χ1) is 23.2. The molecule has 48 heavy (non-hydrogen) atoms. The van der Waals surface area contributed by atoms with Crippen molar-refractivity contribution >= 4 is 35.3 Å². The van der Waals surface area contributed by atoms with Crippen molar-refractivity contribution in [3.63, 3.8) is 0 Å². The van der Waals surface area contributed by atoms with Crippen molar-refractivity contribution in [3.8, 4) is 5.75 Å².